The Morgan fingerprint density at radius 3 is 2.47 bits per heavy atom. The average molecular weight is 485 g/mol. The van der Waals surface area contributed by atoms with Crippen LogP contribution in [0.1, 0.15) is 42.0 Å². The number of fused-ring (bicyclic) bond motifs is 3. The van der Waals surface area contributed by atoms with Gasteiger partial charge in [0.15, 0.2) is 6.61 Å². The number of hydrogen-bond acceptors (Lipinski definition) is 4. The van der Waals surface area contributed by atoms with Crippen LogP contribution < -0.4 is 15.2 Å². The monoisotopic (exact) mass is 484 g/mol. The summed E-state index contributed by atoms with van der Waals surface area (Å²) in [6.45, 7) is 0.0523. The zero-order valence-electron chi connectivity index (χ0n) is 19.9. The van der Waals surface area contributed by atoms with E-state index in [4.69, 9.17) is 15.2 Å². The number of rotatable bonds is 8. The van der Waals surface area contributed by atoms with E-state index < -0.39 is 18.5 Å². The molecule has 184 valence electrons. The minimum Gasteiger partial charge on any atom is -0.481 e. The molecule has 1 aliphatic rings. The van der Waals surface area contributed by atoms with E-state index in [1.54, 1.807) is 6.07 Å². The molecule has 1 aromatic heterocycles. The lowest BCUT2D eigenvalue weighted by atomic mass is 9.92. The van der Waals surface area contributed by atoms with Crippen LogP contribution in [0.4, 0.5) is 0 Å². The minimum atomic E-state index is -1.06. The third-order valence-corrected chi connectivity index (χ3v) is 6.67. The van der Waals surface area contributed by atoms with Crippen LogP contribution in [0, 0.1) is 0 Å². The topological polar surface area (TPSA) is 104 Å². The van der Waals surface area contributed by atoms with Gasteiger partial charge in [0.2, 0.25) is 5.91 Å². The molecule has 3 aromatic carbocycles. The Morgan fingerprint density at radius 2 is 1.69 bits per heavy atom. The zero-order valence-corrected chi connectivity index (χ0v) is 19.9. The summed E-state index contributed by atoms with van der Waals surface area (Å²) < 4.78 is 14.1. The number of aromatic nitrogens is 1. The predicted molar refractivity (Wildman–Crippen MR) is 137 cm³/mol. The van der Waals surface area contributed by atoms with Gasteiger partial charge in [-0.3, -0.25) is 4.79 Å². The molecular weight excluding hydrogens is 456 g/mol. The summed E-state index contributed by atoms with van der Waals surface area (Å²) in [6.07, 6.45) is 3.26. The Bertz CT molecular complexity index is 1410. The molecule has 0 saturated carbocycles. The molecule has 0 radical (unpaired) electrons. The highest BCUT2D eigenvalue weighted by Crippen LogP contribution is 2.43. The van der Waals surface area contributed by atoms with E-state index in [0.29, 0.717) is 18.7 Å². The van der Waals surface area contributed by atoms with Gasteiger partial charge in [0.1, 0.15) is 17.2 Å². The number of carboxylic acid groups (broad SMARTS) is 1. The van der Waals surface area contributed by atoms with Crippen LogP contribution in [0.3, 0.4) is 0 Å². The molecule has 0 saturated heterocycles. The number of nitrogens with two attached hydrogens (primary N) is 1. The number of primary amides is 1. The highest BCUT2D eigenvalue weighted by molar-refractivity contribution is 5.97. The van der Waals surface area contributed by atoms with Crippen molar-refractivity contribution in [3.8, 4) is 17.2 Å². The van der Waals surface area contributed by atoms with Gasteiger partial charge in [0.05, 0.1) is 18.0 Å². The molecule has 1 heterocycles. The van der Waals surface area contributed by atoms with Crippen LogP contribution in [0.25, 0.3) is 10.9 Å². The van der Waals surface area contributed by atoms with Crippen LogP contribution in [-0.2, 0) is 22.6 Å². The summed E-state index contributed by atoms with van der Waals surface area (Å²) in [4.78, 5) is 23.8. The van der Waals surface area contributed by atoms with Crippen LogP contribution in [0.2, 0.25) is 0 Å². The first-order valence-corrected chi connectivity index (χ1v) is 12.1. The zero-order chi connectivity index (χ0) is 25.1. The highest BCUT2D eigenvalue weighted by atomic mass is 16.5. The largest absolute Gasteiger partial charge is 0.481 e. The van der Waals surface area contributed by atoms with Gasteiger partial charge < -0.3 is 24.9 Å². The van der Waals surface area contributed by atoms with Gasteiger partial charge in [-0.2, -0.15) is 0 Å². The van der Waals surface area contributed by atoms with Crippen molar-refractivity contribution in [3.63, 3.8) is 0 Å². The number of aliphatic carboxylic acids is 1. The van der Waals surface area contributed by atoms with E-state index in [9.17, 15) is 14.7 Å². The number of ether oxygens (including phenoxy) is 2. The predicted octanol–water partition coefficient (Wildman–Crippen LogP) is 5.24. The molecule has 0 bridgehead atoms. The fraction of sp³-hybridized carbons (Fsp3) is 0.241. The number of para-hydroxylation sites is 2. The number of benzene rings is 3. The SMILES string of the molecule is NC(=O)C1CCCCc2c1c1c(OCC(=O)O)cccc1n2Cc1ccccc1Oc1ccccc1. The van der Waals surface area contributed by atoms with Gasteiger partial charge in [0, 0.05) is 16.6 Å². The fourth-order valence-electron chi connectivity index (χ4n) is 5.13. The van der Waals surface area contributed by atoms with E-state index in [1.165, 1.54) is 0 Å². The molecule has 36 heavy (non-hydrogen) atoms. The molecule has 7 heteroatoms. The maximum atomic E-state index is 12.6. The van der Waals surface area contributed by atoms with Gasteiger partial charge in [-0.1, -0.05) is 48.9 Å². The smallest absolute Gasteiger partial charge is 0.341 e. The van der Waals surface area contributed by atoms with Crippen LogP contribution in [-0.4, -0.2) is 28.2 Å². The molecular formula is C29H28N2O5. The Kier molecular flexibility index (Phi) is 6.62. The van der Waals surface area contributed by atoms with Gasteiger partial charge in [0.25, 0.3) is 0 Å². The maximum Gasteiger partial charge on any atom is 0.341 e. The first-order chi connectivity index (χ1) is 17.5. The molecule has 5 rings (SSSR count). The summed E-state index contributed by atoms with van der Waals surface area (Å²) in [7, 11) is 0. The molecule has 1 amide bonds. The van der Waals surface area contributed by atoms with Crippen LogP contribution in [0.5, 0.6) is 17.2 Å². The fourth-order valence-corrected chi connectivity index (χ4v) is 5.13. The molecule has 0 spiro atoms. The Morgan fingerprint density at radius 1 is 0.944 bits per heavy atom. The summed E-state index contributed by atoms with van der Waals surface area (Å²) in [5.41, 5.74) is 9.64. The standard InChI is InChI=1S/C29H28N2O5/c30-29(34)21-12-5-6-13-22-27(21)28-23(14-8-16-25(28)35-18-26(32)33)31(22)17-19-9-4-7-15-24(19)36-20-10-2-1-3-11-20/h1-4,7-11,14-16,21H,5-6,12-13,17-18H2,(H2,30,34)(H,32,33). The second kappa shape index (κ2) is 10.2. The molecule has 0 aliphatic heterocycles. The number of carboxylic acids is 1. The number of carbonyl (C=O) groups excluding carboxylic acids is 1. The van der Waals surface area contributed by atoms with E-state index in [2.05, 4.69) is 4.57 Å². The maximum absolute atomic E-state index is 12.6. The molecule has 1 unspecified atom stereocenters. The second-order valence-electron chi connectivity index (χ2n) is 9.00. The highest BCUT2D eigenvalue weighted by Gasteiger charge is 2.31. The van der Waals surface area contributed by atoms with Crippen LogP contribution in [0.15, 0.2) is 72.8 Å². The van der Waals surface area contributed by atoms with Crippen molar-refractivity contribution in [1.29, 1.82) is 0 Å². The first kappa shape index (κ1) is 23.5. The molecule has 1 aliphatic carbocycles. The summed E-state index contributed by atoms with van der Waals surface area (Å²) in [5, 5.41) is 9.97. The van der Waals surface area contributed by atoms with Crippen molar-refractivity contribution in [2.75, 3.05) is 6.61 Å². The number of carbonyl (C=O) groups is 2. The van der Waals surface area contributed by atoms with Crippen molar-refractivity contribution >= 4 is 22.8 Å². The number of amides is 1. The first-order valence-electron chi connectivity index (χ1n) is 12.1. The Hall–Kier alpha value is -4.26. The average Bonchev–Trinajstić information content (AvgIpc) is 3.02. The van der Waals surface area contributed by atoms with Crippen molar-refractivity contribution in [3.05, 3.63) is 89.6 Å². The molecule has 7 nitrogen and oxygen atoms in total. The summed E-state index contributed by atoms with van der Waals surface area (Å²) in [5.74, 6) is 0.0504. The van der Waals surface area contributed by atoms with Gasteiger partial charge in [-0.25, -0.2) is 4.79 Å². The van der Waals surface area contributed by atoms with E-state index in [1.807, 2.05) is 66.7 Å². The van der Waals surface area contributed by atoms with Gasteiger partial charge in [-0.15, -0.1) is 0 Å². The Labute approximate surface area is 209 Å². The van der Waals surface area contributed by atoms with E-state index >= 15 is 0 Å². The van der Waals surface area contributed by atoms with Crippen LogP contribution >= 0.6 is 0 Å². The van der Waals surface area contributed by atoms with Crippen molar-refractivity contribution in [2.45, 2.75) is 38.1 Å². The summed E-state index contributed by atoms with van der Waals surface area (Å²) in [6, 6.07) is 23.1. The Balaban J connectivity index is 1.66. The van der Waals surface area contributed by atoms with E-state index in [-0.39, 0.29) is 5.91 Å². The molecule has 1 atom stereocenters. The van der Waals surface area contributed by atoms with Crippen molar-refractivity contribution in [1.82, 2.24) is 4.57 Å². The molecule has 0 fully saturated rings. The molecule has 3 N–H and O–H groups in total. The lowest BCUT2D eigenvalue weighted by molar-refractivity contribution is -0.139. The number of nitrogens with zero attached hydrogens (tertiary/aromatic N) is 1. The van der Waals surface area contributed by atoms with Gasteiger partial charge in [-0.05, 0) is 55.2 Å². The lowest BCUT2D eigenvalue weighted by Crippen LogP contribution is -2.21. The lowest BCUT2D eigenvalue weighted by Gasteiger charge is -2.16. The van der Waals surface area contributed by atoms with Crippen molar-refractivity contribution in [2.24, 2.45) is 5.73 Å². The van der Waals surface area contributed by atoms with Gasteiger partial charge >= 0.3 is 5.97 Å². The normalized spacial score (nSPS) is 15.2. The van der Waals surface area contributed by atoms with Crippen molar-refractivity contribution < 1.29 is 24.2 Å². The summed E-state index contributed by atoms with van der Waals surface area (Å²) >= 11 is 0. The third kappa shape index (κ3) is 4.64. The number of hydrogen-bond donors (Lipinski definition) is 2. The molecule has 4 aromatic rings. The quantitative estimate of drug-likeness (QED) is 0.333. The second-order valence-corrected chi connectivity index (χ2v) is 9.00. The van der Waals surface area contributed by atoms with E-state index in [0.717, 1.165) is 58.5 Å². The minimum absolute atomic E-state index is 0.377. The third-order valence-electron chi connectivity index (χ3n) is 6.67.